The summed E-state index contributed by atoms with van der Waals surface area (Å²) in [6.07, 6.45) is 5.62. The van der Waals surface area contributed by atoms with Gasteiger partial charge in [0, 0.05) is 31.0 Å². The molecule has 0 spiro atoms. The van der Waals surface area contributed by atoms with E-state index in [0.29, 0.717) is 24.8 Å². The molecule has 1 aliphatic carbocycles. The summed E-state index contributed by atoms with van der Waals surface area (Å²) < 4.78 is 5.15. The van der Waals surface area contributed by atoms with Crippen molar-refractivity contribution in [3.8, 4) is 0 Å². The lowest BCUT2D eigenvalue weighted by atomic mass is 10.0. The fraction of sp³-hybridized carbons (Fsp3) is 0.667. The van der Waals surface area contributed by atoms with Gasteiger partial charge in [0.15, 0.2) is 5.69 Å². The number of esters is 1. The number of nitrogens with zero attached hydrogens (tertiary/aromatic N) is 2. The second-order valence-electron chi connectivity index (χ2n) is 5.48. The molecule has 2 heterocycles. The van der Waals surface area contributed by atoms with Gasteiger partial charge in [0.25, 0.3) is 0 Å². The van der Waals surface area contributed by atoms with Crippen LogP contribution in [0.2, 0.25) is 0 Å². The van der Waals surface area contributed by atoms with Gasteiger partial charge in [0.05, 0.1) is 12.3 Å². The average Bonchev–Trinajstić information content (AvgIpc) is 3.00. The number of carbonyl (C=O) groups excluding carboxylic acids is 1. The predicted octanol–water partition coefficient (Wildman–Crippen LogP) is 1.96. The Kier molecular flexibility index (Phi) is 3.96. The van der Waals surface area contributed by atoms with E-state index in [0.717, 1.165) is 42.9 Å². The van der Waals surface area contributed by atoms with E-state index in [1.165, 1.54) is 12.8 Å². The number of nitrogens with one attached hydrogen (secondary N) is 1. The summed E-state index contributed by atoms with van der Waals surface area (Å²) >= 11 is 0. The van der Waals surface area contributed by atoms with Crippen LogP contribution in [0.5, 0.6) is 0 Å². The zero-order valence-corrected chi connectivity index (χ0v) is 11.9. The van der Waals surface area contributed by atoms with Crippen LogP contribution in [-0.4, -0.2) is 29.1 Å². The Morgan fingerprint density at radius 1 is 1.35 bits per heavy atom. The van der Waals surface area contributed by atoms with E-state index in [1.807, 2.05) is 6.92 Å². The van der Waals surface area contributed by atoms with Crippen molar-refractivity contribution in [2.24, 2.45) is 0 Å². The second-order valence-corrected chi connectivity index (χ2v) is 5.48. The van der Waals surface area contributed by atoms with Crippen LogP contribution >= 0.6 is 0 Å². The largest absolute Gasteiger partial charge is 0.461 e. The summed E-state index contributed by atoms with van der Waals surface area (Å²) in [6.45, 7) is 3.77. The minimum Gasteiger partial charge on any atom is -0.461 e. The van der Waals surface area contributed by atoms with E-state index < -0.39 is 0 Å². The molecule has 3 rings (SSSR count). The summed E-state index contributed by atoms with van der Waals surface area (Å²) in [6, 6.07) is 0. The van der Waals surface area contributed by atoms with Crippen molar-refractivity contribution in [2.45, 2.75) is 51.5 Å². The van der Waals surface area contributed by atoms with E-state index >= 15 is 0 Å². The minimum atomic E-state index is -0.311. The Morgan fingerprint density at radius 2 is 2.15 bits per heavy atom. The molecule has 1 N–H and O–H groups in total. The first-order chi connectivity index (χ1) is 9.79. The van der Waals surface area contributed by atoms with Gasteiger partial charge < -0.3 is 10.1 Å². The molecule has 2 aliphatic rings. The Balaban J connectivity index is 2.00. The van der Waals surface area contributed by atoms with E-state index in [4.69, 9.17) is 9.72 Å². The summed E-state index contributed by atoms with van der Waals surface area (Å²) in [5, 5.41) is 3.28. The number of fused-ring (bicyclic) bond motifs is 1. The smallest absolute Gasteiger partial charge is 0.357 e. The Morgan fingerprint density at radius 3 is 2.90 bits per heavy atom. The molecule has 108 valence electrons. The van der Waals surface area contributed by atoms with Crippen LogP contribution in [0.3, 0.4) is 0 Å². The third-order valence-electron chi connectivity index (χ3n) is 4.14. The molecule has 1 fully saturated rings. The molecule has 0 radical (unpaired) electrons. The number of carbonyl (C=O) groups is 1. The normalized spacial score (nSPS) is 18.9. The van der Waals surface area contributed by atoms with Crippen LogP contribution in [0, 0.1) is 0 Å². The quantitative estimate of drug-likeness (QED) is 0.854. The van der Waals surface area contributed by atoms with Crippen LogP contribution < -0.4 is 5.32 Å². The molecule has 0 amide bonds. The molecule has 5 heteroatoms. The highest BCUT2D eigenvalue weighted by Gasteiger charge is 2.27. The number of hydrogen-bond donors (Lipinski definition) is 1. The lowest BCUT2D eigenvalue weighted by Gasteiger charge is -2.20. The van der Waals surface area contributed by atoms with E-state index in [2.05, 4.69) is 10.3 Å². The Labute approximate surface area is 119 Å². The van der Waals surface area contributed by atoms with Gasteiger partial charge in [-0.1, -0.05) is 12.8 Å². The summed E-state index contributed by atoms with van der Waals surface area (Å²) in [4.78, 5) is 21.4. The van der Waals surface area contributed by atoms with Crippen molar-refractivity contribution in [3.05, 3.63) is 22.8 Å². The van der Waals surface area contributed by atoms with Crippen molar-refractivity contribution >= 4 is 5.97 Å². The molecule has 0 aromatic carbocycles. The molecule has 1 aliphatic heterocycles. The first-order valence-corrected chi connectivity index (χ1v) is 7.57. The number of hydrogen-bond acceptors (Lipinski definition) is 5. The molecule has 1 aromatic heterocycles. The third-order valence-corrected chi connectivity index (χ3v) is 4.14. The second kappa shape index (κ2) is 5.87. The highest BCUT2D eigenvalue weighted by atomic mass is 16.5. The average molecular weight is 275 g/mol. The molecule has 1 aromatic rings. The minimum absolute atomic E-state index is 0.311. The molecule has 20 heavy (non-hydrogen) atoms. The van der Waals surface area contributed by atoms with E-state index in [9.17, 15) is 4.79 Å². The fourth-order valence-corrected chi connectivity index (χ4v) is 3.10. The topological polar surface area (TPSA) is 64.1 Å². The van der Waals surface area contributed by atoms with Crippen LogP contribution in [-0.2, 0) is 17.7 Å². The van der Waals surface area contributed by atoms with Crippen LogP contribution in [0.25, 0.3) is 0 Å². The first-order valence-electron chi connectivity index (χ1n) is 7.57. The SMILES string of the molecule is CCOC(=O)c1nc(C2CCCC2)nc2c1CNCC2. The summed E-state index contributed by atoms with van der Waals surface area (Å²) in [5.41, 5.74) is 2.44. The molecular weight excluding hydrogens is 254 g/mol. The first kappa shape index (κ1) is 13.5. The zero-order chi connectivity index (χ0) is 13.9. The highest BCUT2D eigenvalue weighted by Crippen LogP contribution is 2.33. The van der Waals surface area contributed by atoms with Gasteiger partial charge in [-0.15, -0.1) is 0 Å². The lowest BCUT2D eigenvalue weighted by molar-refractivity contribution is 0.0516. The molecular formula is C15H21N3O2. The van der Waals surface area contributed by atoms with Crippen molar-refractivity contribution in [1.29, 1.82) is 0 Å². The van der Waals surface area contributed by atoms with Crippen molar-refractivity contribution in [1.82, 2.24) is 15.3 Å². The van der Waals surface area contributed by atoms with E-state index in [-0.39, 0.29) is 5.97 Å². The van der Waals surface area contributed by atoms with Crippen LogP contribution in [0.4, 0.5) is 0 Å². The number of aromatic nitrogens is 2. The van der Waals surface area contributed by atoms with Gasteiger partial charge in [0.2, 0.25) is 0 Å². The zero-order valence-electron chi connectivity index (χ0n) is 11.9. The molecule has 0 unspecified atom stereocenters. The predicted molar refractivity (Wildman–Crippen MR) is 74.6 cm³/mol. The van der Waals surface area contributed by atoms with Crippen molar-refractivity contribution in [2.75, 3.05) is 13.2 Å². The third kappa shape index (κ3) is 2.54. The van der Waals surface area contributed by atoms with Crippen molar-refractivity contribution < 1.29 is 9.53 Å². The maximum Gasteiger partial charge on any atom is 0.357 e. The fourth-order valence-electron chi connectivity index (χ4n) is 3.10. The van der Waals surface area contributed by atoms with Gasteiger partial charge in [0.1, 0.15) is 5.82 Å². The van der Waals surface area contributed by atoms with Crippen LogP contribution in [0.15, 0.2) is 0 Å². The molecule has 5 nitrogen and oxygen atoms in total. The maximum absolute atomic E-state index is 12.1. The van der Waals surface area contributed by atoms with E-state index in [1.54, 1.807) is 0 Å². The maximum atomic E-state index is 12.1. The van der Waals surface area contributed by atoms with Crippen LogP contribution in [0.1, 0.15) is 66.1 Å². The molecule has 0 atom stereocenters. The van der Waals surface area contributed by atoms with Crippen molar-refractivity contribution in [3.63, 3.8) is 0 Å². The lowest BCUT2D eigenvalue weighted by Crippen LogP contribution is -2.29. The Hall–Kier alpha value is -1.49. The molecule has 1 saturated carbocycles. The highest BCUT2D eigenvalue weighted by molar-refractivity contribution is 5.89. The molecule has 0 bridgehead atoms. The van der Waals surface area contributed by atoms with Gasteiger partial charge >= 0.3 is 5.97 Å². The van der Waals surface area contributed by atoms with Gasteiger partial charge in [-0.05, 0) is 19.8 Å². The van der Waals surface area contributed by atoms with Gasteiger partial charge in [-0.2, -0.15) is 0 Å². The van der Waals surface area contributed by atoms with Gasteiger partial charge in [-0.25, -0.2) is 14.8 Å². The Bertz CT molecular complexity index is 510. The number of rotatable bonds is 3. The monoisotopic (exact) mass is 275 g/mol. The standard InChI is InChI=1S/C15H21N3O2/c1-2-20-15(19)13-11-9-16-8-7-12(11)17-14(18-13)10-5-3-4-6-10/h10,16H,2-9H2,1H3. The summed E-state index contributed by atoms with van der Waals surface area (Å²) in [7, 11) is 0. The summed E-state index contributed by atoms with van der Waals surface area (Å²) in [5.74, 6) is 0.962. The molecule has 0 saturated heterocycles. The van der Waals surface area contributed by atoms with Gasteiger partial charge in [-0.3, -0.25) is 0 Å². The number of ether oxygens (including phenoxy) is 1.